The molecule has 1 aliphatic heterocycles. The number of halogens is 1. The Morgan fingerprint density at radius 2 is 2.17 bits per heavy atom. The number of rotatable bonds is 8. The predicted octanol–water partition coefficient (Wildman–Crippen LogP) is 2.84. The molecule has 1 aromatic rings. The van der Waals surface area contributed by atoms with Crippen LogP contribution in [-0.2, 0) is 19.1 Å². The topological polar surface area (TPSA) is 108 Å². The lowest BCUT2D eigenvalue weighted by atomic mass is 9.78. The fraction of sp³-hybridized carbons (Fsp3) is 0.400. The zero-order valence-electron chi connectivity index (χ0n) is 16.2. The minimum Gasteiger partial charge on any atom is -0.468 e. The molecule has 0 fully saturated rings. The molecule has 0 spiro atoms. The molecule has 2 amide bonds. The number of esters is 1. The number of carbonyl (C=O) groups excluding carboxylic acids is 3. The van der Waals surface area contributed by atoms with Gasteiger partial charge in [-0.3, -0.25) is 14.4 Å². The third-order valence-electron chi connectivity index (χ3n) is 4.39. The number of carbonyl (C=O) groups is 3. The highest BCUT2D eigenvalue weighted by molar-refractivity contribution is 9.10. The maximum absolute atomic E-state index is 12.7. The van der Waals surface area contributed by atoms with Crippen LogP contribution in [0.4, 0.5) is 0 Å². The van der Waals surface area contributed by atoms with Gasteiger partial charge in [0.15, 0.2) is 0 Å². The van der Waals surface area contributed by atoms with Gasteiger partial charge >= 0.3 is 5.97 Å². The van der Waals surface area contributed by atoms with Crippen molar-refractivity contribution in [2.24, 2.45) is 5.92 Å². The van der Waals surface area contributed by atoms with E-state index in [2.05, 4.69) is 32.6 Å². The number of hydrogen-bond donors (Lipinski definition) is 2. The molecule has 0 radical (unpaired) electrons. The largest absolute Gasteiger partial charge is 0.468 e. The number of allylic oxidation sites excluding steroid dienone is 1. The summed E-state index contributed by atoms with van der Waals surface area (Å²) < 4.78 is 5.56. The molecule has 0 aromatic heterocycles. The third kappa shape index (κ3) is 5.84. The van der Waals surface area contributed by atoms with E-state index in [4.69, 9.17) is 4.74 Å². The van der Waals surface area contributed by atoms with E-state index in [1.54, 1.807) is 18.2 Å². The molecule has 0 saturated carbocycles. The number of unbranched alkanes of at least 4 members (excludes halogenated alkanes) is 1. The monoisotopic (exact) mass is 479 g/mol. The van der Waals surface area contributed by atoms with Crippen LogP contribution in [0.5, 0.6) is 0 Å². The Hall–Kier alpha value is -2.31. The molecule has 2 N–H and O–H groups in total. The summed E-state index contributed by atoms with van der Waals surface area (Å²) in [6.07, 6.45) is 1.85. The number of benzene rings is 1. The maximum Gasteiger partial charge on any atom is 0.319 e. The van der Waals surface area contributed by atoms with E-state index in [1.807, 2.05) is 13.0 Å². The Kier molecular flexibility index (Phi) is 8.73. The summed E-state index contributed by atoms with van der Waals surface area (Å²) in [6, 6.07) is 9.21. The van der Waals surface area contributed by atoms with Crippen LogP contribution in [0, 0.1) is 17.2 Å². The van der Waals surface area contributed by atoms with Crippen LogP contribution in [-0.4, -0.2) is 37.2 Å². The number of amides is 2. The van der Waals surface area contributed by atoms with Gasteiger partial charge in [-0.25, -0.2) is 0 Å². The molecule has 1 aliphatic rings. The molecule has 154 valence electrons. The molecule has 9 heteroatoms. The van der Waals surface area contributed by atoms with Gasteiger partial charge in [0, 0.05) is 16.9 Å². The first-order valence-corrected chi connectivity index (χ1v) is 10.9. The molecule has 0 aliphatic carbocycles. The number of nitrogens with zero attached hydrogens (tertiary/aromatic N) is 1. The summed E-state index contributed by atoms with van der Waals surface area (Å²) in [5.74, 6) is -3.40. The molecular formula is C20H22BrN3O4S. The van der Waals surface area contributed by atoms with Gasteiger partial charge in [0.05, 0.1) is 29.5 Å². The molecule has 0 saturated heterocycles. The van der Waals surface area contributed by atoms with Gasteiger partial charge in [0.2, 0.25) is 11.8 Å². The number of thioether (sulfide) groups is 1. The third-order valence-corrected chi connectivity index (χ3v) is 5.90. The summed E-state index contributed by atoms with van der Waals surface area (Å²) >= 11 is 4.45. The van der Waals surface area contributed by atoms with E-state index >= 15 is 0 Å². The average molecular weight is 480 g/mol. The van der Waals surface area contributed by atoms with E-state index in [-0.39, 0.29) is 22.3 Å². The van der Waals surface area contributed by atoms with E-state index in [9.17, 15) is 19.6 Å². The number of methoxy groups -OCH3 is 1. The Bertz CT molecular complexity index is 866. The van der Waals surface area contributed by atoms with Crippen LogP contribution in [0.15, 0.2) is 39.3 Å². The normalized spacial score (nSPS) is 18.6. The van der Waals surface area contributed by atoms with Crippen molar-refractivity contribution < 1.29 is 19.1 Å². The quantitative estimate of drug-likeness (QED) is 0.337. The molecule has 7 nitrogen and oxygen atoms in total. The summed E-state index contributed by atoms with van der Waals surface area (Å²) in [4.78, 5) is 37.1. The Labute approximate surface area is 182 Å². The van der Waals surface area contributed by atoms with Gasteiger partial charge in [-0.15, -0.1) is 0 Å². The first kappa shape index (κ1) is 23.0. The van der Waals surface area contributed by atoms with Gasteiger partial charge in [-0.05, 0) is 24.1 Å². The van der Waals surface area contributed by atoms with Crippen molar-refractivity contribution in [1.82, 2.24) is 10.6 Å². The SMILES string of the molecule is CCCCNC(=O)CSC1=C(C#N)[C@H](c2cccc(Br)c2)[C@@H](C(=O)OC)C(=O)N1. The van der Waals surface area contributed by atoms with Crippen LogP contribution >= 0.6 is 27.7 Å². The number of ether oxygens (including phenoxy) is 1. The van der Waals surface area contributed by atoms with Crippen molar-refractivity contribution in [3.05, 3.63) is 44.9 Å². The standard InChI is InChI=1S/C20H22BrN3O4S/c1-3-4-8-23-15(25)11-29-19-14(10-22)16(12-6-5-7-13(21)9-12)17(18(26)24-19)20(27)28-2/h5-7,9,16-17H,3-4,8,11H2,1-2H3,(H,23,25)(H,24,26)/t16-,17+/m0/s1. The summed E-state index contributed by atoms with van der Waals surface area (Å²) in [5, 5.41) is 15.5. The molecular weight excluding hydrogens is 458 g/mol. The average Bonchev–Trinajstić information content (AvgIpc) is 2.71. The Morgan fingerprint density at radius 1 is 1.41 bits per heavy atom. The fourth-order valence-electron chi connectivity index (χ4n) is 2.97. The van der Waals surface area contributed by atoms with Gasteiger partial charge in [-0.1, -0.05) is 53.2 Å². The first-order valence-electron chi connectivity index (χ1n) is 9.10. The zero-order valence-corrected chi connectivity index (χ0v) is 18.6. The van der Waals surface area contributed by atoms with E-state index in [0.29, 0.717) is 12.1 Å². The van der Waals surface area contributed by atoms with Crippen molar-refractivity contribution >= 4 is 45.5 Å². The number of nitrogens with one attached hydrogen (secondary N) is 2. The molecule has 2 atom stereocenters. The second kappa shape index (κ2) is 11.0. The van der Waals surface area contributed by atoms with Crippen LogP contribution < -0.4 is 10.6 Å². The molecule has 1 heterocycles. The molecule has 0 bridgehead atoms. The Balaban J connectivity index is 2.37. The van der Waals surface area contributed by atoms with E-state index in [1.165, 1.54) is 7.11 Å². The fourth-order valence-corrected chi connectivity index (χ4v) is 4.27. The maximum atomic E-state index is 12.7. The second-order valence-corrected chi connectivity index (χ2v) is 8.27. The highest BCUT2D eigenvalue weighted by Gasteiger charge is 2.44. The zero-order chi connectivity index (χ0) is 21.4. The first-order chi connectivity index (χ1) is 13.9. The summed E-state index contributed by atoms with van der Waals surface area (Å²) in [6.45, 7) is 2.61. The van der Waals surface area contributed by atoms with Gasteiger partial charge in [-0.2, -0.15) is 5.26 Å². The van der Waals surface area contributed by atoms with Crippen molar-refractivity contribution in [2.75, 3.05) is 19.4 Å². The number of hydrogen-bond acceptors (Lipinski definition) is 6. The summed E-state index contributed by atoms with van der Waals surface area (Å²) in [7, 11) is 1.20. The smallest absolute Gasteiger partial charge is 0.319 e. The van der Waals surface area contributed by atoms with Crippen LogP contribution in [0.3, 0.4) is 0 Å². The van der Waals surface area contributed by atoms with Crippen molar-refractivity contribution in [1.29, 1.82) is 5.26 Å². The van der Waals surface area contributed by atoms with E-state index in [0.717, 1.165) is 29.1 Å². The highest BCUT2D eigenvalue weighted by Crippen LogP contribution is 2.40. The van der Waals surface area contributed by atoms with Crippen LogP contribution in [0.2, 0.25) is 0 Å². The minimum absolute atomic E-state index is 0.0542. The molecule has 2 rings (SSSR count). The van der Waals surface area contributed by atoms with Crippen molar-refractivity contribution in [2.45, 2.75) is 25.7 Å². The molecule has 29 heavy (non-hydrogen) atoms. The lowest BCUT2D eigenvalue weighted by Crippen LogP contribution is -2.44. The van der Waals surface area contributed by atoms with E-state index < -0.39 is 23.7 Å². The van der Waals surface area contributed by atoms with Gasteiger partial charge in [0.25, 0.3) is 0 Å². The molecule has 1 aromatic carbocycles. The molecule has 0 unspecified atom stereocenters. The van der Waals surface area contributed by atoms with Gasteiger partial charge < -0.3 is 15.4 Å². The lowest BCUT2D eigenvalue weighted by Gasteiger charge is -2.31. The minimum atomic E-state index is -1.19. The lowest BCUT2D eigenvalue weighted by molar-refractivity contribution is -0.150. The second-order valence-electron chi connectivity index (χ2n) is 6.37. The predicted molar refractivity (Wildman–Crippen MR) is 114 cm³/mol. The summed E-state index contributed by atoms with van der Waals surface area (Å²) in [5.41, 5.74) is 0.858. The van der Waals surface area contributed by atoms with Crippen LogP contribution in [0.1, 0.15) is 31.2 Å². The van der Waals surface area contributed by atoms with Crippen molar-refractivity contribution in [3.63, 3.8) is 0 Å². The number of nitriles is 1. The highest BCUT2D eigenvalue weighted by atomic mass is 79.9. The van der Waals surface area contributed by atoms with Crippen LogP contribution in [0.25, 0.3) is 0 Å². The van der Waals surface area contributed by atoms with Gasteiger partial charge in [0.1, 0.15) is 5.92 Å². The Morgan fingerprint density at radius 3 is 2.79 bits per heavy atom. The van der Waals surface area contributed by atoms with Crippen molar-refractivity contribution in [3.8, 4) is 6.07 Å².